The molecule has 0 bridgehead atoms. The minimum atomic E-state index is -3.08. The maximum atomic E-state index is 13.5. The molecule has 1 aliphatic heterocycles. The van der Waals surface area contributed by atoms with Gasteiger partial charge in [-0.1, -0.05) is 23.7 Å². The van der Waals surface area contributed by atoms with E-state index in [1.165, 1.54) is 6.26 Å². The lowest BCUT2D eigenvalue weighted by Gasteiger charge is -2.28. The Kier molecular flexibility index (Phi) is 6.96. The summed E-state index contributed by atoms with van der Waals surface area (Å²) in [6.07, 6.45) is 2.74. The standard InChI is InChI=1S/C25H29ClN2O4S/c1-17-25(24(30)16-27-12-9-21(29)10-13-27)22-8-3-18(11-14-33(2,31)32)15-23(22)28(17)20-6-4-19(26)5-7-20/h3-8,15,21,29H,9-14,16H2,1-2H3. The third-order valence-corrected chi connectivity index (χ3v) is 7.52. The van der Waals surface area contributed by atoms with Crippen molar-refractivity contribution in [2.45, 2.75) is 32.3 Å². The maximum absolute atomic E-state index is 13.5. The van der Waals surface area contributed by atoms with Crippen LogP contribution < -0.4 is 0 Å². The quantitative estimate of drug-likeness (QED) is 0.511. The van der Waals surface area contributed by atoms with Crippen LogP contribution in [-0.2, 0) is 16.3 Å². The monoisotopic (exact) mass is 488 g/mol. The molecule has 0 spiro atoms. The lowest BCUT2D eigenvalue weighted by Crippen LogP contribution is -2.39. The van der Waals surface area contributed by atoms with Crippen LogP contribution in [0.1, 0.15) is 34.5 Å². The Hall–Kier alpha value is -2.19. The van der Waals surface area contributed by atoms with Crippen molar-refractivity contribution in [3.63, 3.8) is 0 Å². The molecule has 1 aromatic heterocycles. The number of nitrogens with zero attached hydrogens (tertiary/aromatic N) is 2. The highest BCUT2D eigenvalue weighted by Crippen LogP contribution is 2.31. The fraction of sp³-hybridized carbons (Fsp3) is 0.400. The van der Waals surface area contributed by atoms with E-state index in [1.807, 2.05) is 54.0 Å². The molecule has 4 rings (SSSR count). The molecule has 6 nitrogen and oxygen atoms in total. The second kappa shape index (κ2) is 9.58. The fourth-order valence-electron chi connectivity index (χ4n) is 4.55. The highest BCUT2D eigenvalue weighted by atomic mass is 35.5. The first-order valence-electron chi connectivity index (χ1n) is 11.1. The summed E-state index contributed by atoms with van der Waals surface area (Å²) in [5, 5.41) is 11.3. The number of rotatable bonds is 7. The Balaban J connectivity index is 1.77. The Bertz CT molecular complexity index is 1270. The van der Waals surface area contributed by atoms with E-state index < -0.39 is 9.84 Å². The highest BCUT2D eigenvalue weighted by molar-refractivity contribution is 7.90. The zero-order valence-corrected chi connectivity index (χ0v) is 20.5. The van der Waals surface area contributed by atoms with Crippen LogP contribution in [0.25, 0.3) is 16.6 Å². The predicted octanol–water partition coefficient (Wildman–Crippen LogP) is 3.82. The molecule has 3 aromatic rings. The molecule has 2 heterocycles. The van der Waals surface area contributed by atoms with Crippen LogP contribution in [0.15, 0.2) is 42.5 Å². The molecule has 0 aliphatic carbocycles. The summed E-state index contributed by atoms with van der Waals surface area (Å²) in [5.41, 5.74) is 4.19. The zero-order valence-electron chi connectivity index (χ0n) is 18.9. The van der Waals surface area contributed by atoms with Crippen molar-refractivity contribution in [3.8, 4) is 5.69 Å². The first-order valence-corrected chi connectivity index (χ1v) is 13.6. The van der Waals surface area contributed by atoms with Gasteiger partial charge in [0.05, 0.1) is 23.9 Å². The third-order valence-electron chi connectivity index (χ3n) is 6.32. The van der Waals surface area contributed by atoms with Crippen molar-refractivity contribution in [3.05, 3.63) is 64.3 Å². The molecule has 0 saturated carbocycles. The minimum Gasteiger partial charge on any atom is -0.393 e. The molecule has 176 valence electrons. The van der Waals surface area contributed by atoms with Crippen molar-refractivity contribution in [2.24, 2.45) is 0 Å². The summed E-state index contributed by atoms with van der Waals surface area (Å²) in [5.74, 6) is 0.122. The number of hydrogen-bond donors (Lipinski definition) is 1. The number of halogens is 1. The molecule has 0 atom stereocenters. The van der Waals surface area contributed by atoms with Crippen LogP contribution in [0.4, 0.5) is 0 Å². The van der Waals surface area contributed by atoms with Crippen LogP contribution in [0.3, 0.4) is 0 Å². The summed E-state index contributed by atoms with van der Waals surface area (Å²) >= 11 is 6.10. The molecule has 1 N–H and O–H groups in total. The molecule has 33 heavy (non-hydrogen) atoms. The maximum Gasteiger partial charge on any atom is 0.179 e. The molecule has 8 heteroatoms. The van der Waals surface area contributed by atoms with Gasteiger partial charge in [-0.05, 0) is 62.1 Å². The van der Waals surface area contributed by atoms with E-state index in [4.69, 9.17) is 11.6 Å². The van der Waals surface area contributed by atoms with E-state index in [0.717, 1.165) is 27.8 Å². The number of piperidine rings is 1. The summed E-state index contributed by atoms with van der Waals surface area (Å²) in [4.78, 5) is 15.5. The number of benzene rings is 2. The molecular formula is C25H29ClN2O4S. The van der Waals surface area contributed by atoms with Gasteiger partial charge in [0, 0.05) is 46.7 Å². The van der Waals surface area contributed by atoms with Gasteiger partial charge in [-0.3, -0.25) is 9.69 Å². The molecular weight excluding hydrogens is 460 g/mol. The molecule has 0 radical (unpaired) electrons. The number of sulfone groups is 1. The minimum absolute atomic E-state index is 0.0467. The van der Waals surface area contributed by atoms with E-state index >= 15 is 0 Å². The van der Waals surface area contributed by atoms with E-state index in [-0.39, 0.29) is 17.6 Å². The third kappa shape index (κ3) is 5.49. The van der Waals surface area contributed by atoms with Crippen molar-refractivity contribution in [2.75, 3.05) is 31.6 Å². The number of likely N-dealkylation sites (tertiary alicyclic amines) is 1. The number of hydrogen-bond acceptors (Lipinski definition) is 5. The van der Waals surface area contributed by atoms with Gasteiger partial charge in [0.15, 0.2) is 5.78 Å². The summed E-state index contributed by atoms with van der Waals surface area (Å²) in [6.45, 7) is 3.66. The molecule has 0 unspecified atom stereocenters. The van der Waals surface area contributed by atoms with Crippen molar-refractivity contribution in [1.29, 1.82) is 0 Å². The van der Waals surface area contributed by atoms with Crippen molar-refractivity contribution < 1.29 is 18.3 Å². The number of carbonyl (C=O) groups excluding carboxylic acids is 1. The first-order chi connectivity index (χ1) is 15.6. The van der Waals surface area contributed by atoms with Crippen molar-refractivity contribution >= 4 is 38.1 Å². The van der Waals surface area contributed by atoms with Gasteiger partial charge in [-0.2, -0.15) is 0 Å². The number of ketones is 1. The van der Waals surface area contributed by atoms with Gasteiger partial charge < -0.3 is 9.67 Å². The summed E-state index contributed by atoms with van der Waals surface area (Å²) < 4.78 is 25.4. The molecule has 0 amide bonds. The molecule has 1 aliphatic rings. The smallest absolute Gasteiger partial charge is 0.179 e. The summed E-state index contributed by atoms with van der Waals surface area (Å²) in [7, 11) is -3.08. The van der Waals surface area contributed by atoms with Crippen LogP contribution in [0.5, 0.6) is 0 Å². The van der Waals surface area contributed by atoms with Gasteiger partial charge in [-0.15, -0.1) is 0 Å². The number of aliphatic hydroxyl groups is 1. The number of aryl methyl sites for hydroxylation is 1. The van der Waals surface area contributed by atoms with Gasteiger partial charge >= 0.3 is 0 Å². The van der Waals surface area contributed by atoms with Crippen LogP contribution in [0.2, 0.25) is 5.02 Å². The van der Waals surface area contributed by atoms with Crippen molar-refractivity contribution in [1.82, 2.24) is 9.47 Å². The van der Waals surface area contributed by atoms with E-state index in [0.29, 0.717) is 49.5 Å². The first kappa shape index (κ1) is 24.0. The summed E-state index contributed by atoms with van der Waals surface area (Å²) in [6, 6.07) is 13.3. The lowest BCUT2D eigenvalue weighted by atomic mass is 10.0. The molecule has 1 fully saturated rings. The van der Waals surface area contributed by atoms with E-state index in [9.17, 15) is 18.3 Å². The van der Waals surface area contributed by atoms with Crippen LogP contribution in [0, 0.1) is 6.92 Å². The average molecular weight is 489 g/mol. The molecule has 1 saturated heterocycles. The van der Waals surface area contributed by atoms with Gasteiger partial charge in [0.2, 0.25) is 0 Å². The van der Waals surface area contributed by atoms with E-state index in [2.05, 4.69) is 4.90 Å². The SMILES string of the molecule is Cc1c(C(=O)CN2CCC(O)CC2)c2ccc(CCS(C)(=O)=O)cc2n1-c1ccc(Cl)cc1. The Morgan fingerprint density at radius 1 is 1.12 bits per heavy atom. The topological polar surface area (TPSA) is 79.6 Å². The average Bonchev–Trinajstić information content (AvgIpc) is 3.05. The van der Waals surface area contributed by atoms with Gasteiger partial charge in [0.25, 0.3) is 0 Å². The highest BCUT2D eigenvalue weighted by Gasteiger charge is 2.25. The van der Waals surface area contributed by atoms with Crippen LogP contribution in [-0.4, -0.2) is 66.5 Å². The predicted molar refractivity (Wildman–Crippen MR) is 132 cm³/mol. The second-order valence-corrected chi connectivity index (χ2v) is 11.6. The van der Waals surface area contributed by atoms with Gasteiger partial charge in [-0.25, -0.2) is 8.42 Å². The Morgan fingerprint density at radius 3 is 2.42 bits per heavy atom. The van der Waals surface area contributed by atoms with E-state index in [1.54, 1.807) is 0 Å². The Morgan fingerprint density at radius 2 is 1.79 bits per heavy atom. The number of aromatic nitrogens is 1. The normalized spacial score (nSPS) is 15.9. The second-order valence-electron chi connectivity index (χ2n) is 8.93. The number of aliphatic hydroxyl groups excluding tert-OH is 1. The largest absolute Gasteiger partial charge is 0.393 e. The number of carbonyl (C=O) groups is 1. The zero-order chi connectivity index (χ0) is 23.8. The number of Topliss-reactive ketones (excluding diaryl/α,β-unsaturated/α-hetero) is 1. The molecule has 2 aromatic carbocycles. The fourth-order valence-corrected chi connectivity index (χ4v) is 5.29. The van der Waals surface area contributed by atoms with Gasteiger partial charge in [0.1, 0.15) is 9.84 Å². The number of fused-ring (bicyclic) bond motifs is 1. The van der Waals surface area contributed by atoms with Crippen LogP contribution >= 0.6 is 11.6 Å². The lowest BCUT2D eigenvalue weighted by molar-refractivity contribution is 0.0711. The Labute approximate surface area is 199 Å².